The predicted molar refractivity (Wildman–Crippen MR) is 51.3 cm³/mol. The molecule has 3 heteroatoms. The van der Waals surface area contributed by atoms with Crippen molar-refractivity contribution in [3.63, 3.8) is 0 Å². The van der Waals surface area contributed by atoms with Gasteiger partial charge in [0.05, 0.1) is 11.7 Å². The van der Waals surface area contributed by atoms with E-state index >= 15 is 0 Å². The Balaban J connectivity index is 2.35. The monoisotopic (exact) mass is 192 g/mol. The molecule has 0 saturated carbocycles. The molecule has 0 aromatic heterocycles. The molecular formula is C11H12O3. The SMILES string of the molecule is O=C(O)c1ccccc1C1CCCO1. The summed E-state index contributed by atoms with van der Waals surface area (Å²) in [6.45, 7) is 0.735. The molecule has 1 fully saturated rings. The zero-order valence-corrected chi connectivity index (χ0v) is 7.77. The fraction of sp³-hybridized carbons (Fsp3) is 0.364. The fourth-order valence-electron chi connectivity index (χ4n) is 1.80. The summed E-state index contributed by atoms with van der Waals surface area (Å²) in [5, 5.41) is 8.97. The van der Waals surface area contributed by atoms with Gasteiger partial charge in [-0.05, 0) is 24.5 Å². The summed E-state index contributed by atoms with van der Waals surface area (Å²) in [4.78, 5) is 10.9. The van der Waals surface area contributed by atoms with Crippen LogP contribution in [0.4, 0.5) is 0 Å². The standard InChI is InChI=1S/C11H12O3/c12-11(13)9-5-2-1-4-8(9)10-6-3-7-14-10/h1-2,4-5,10H,3,6-7H2,(H,12,13). The van der Waals surface area contributed by atoms with Gasteiger partial charge in [-0.25, -0.2) is 4.79 Å². The normalized spacial score (nSPS) is 21.0. The molecule has 1 N–H and O–H groups in total. The van der Waals surface area contributed by atoms with Gasteiger partial charge in [-0.15, -0.1) is 0 Å². The molecule has 1 aliphatic rings. The molecule has 1 unspecified atom stereocenters. The molecule has 1 aromatic rings. The number of ether oxygens (including phenoxy) is 1. The van der Waals surface area contributed by atoms with Crippen molar-refractivity contribution in [1.29, 1.82) is 0 Å². The maximum absolute atomic E-state index is 10.9. The number of aromatic carboxylic acids is 1. The molecule has 2 rings (SSSR count). The first-order chi connectivity index (χ1) is 6.79. The first-order valence-electron chi connectivity index (χ1n) is 4.73. The third kappa shape index (κ3) is 1.63. The molecule has 1 aromatic carbocycles. The van der Waals surface area contributed by atoms with Crippen LogP contribution in [-0.4, -0.2) is 17.7 Å². The van der Waals surface area contributed by atoms with Crippen LogP contribution < -0.4 is 0 Å². The second-order valence-corrected chi connectivity index (χ2v) is 3.39. The van der Waals surface area contributed by atoms with Crippen LogP contribution in [0.1, 0.15) is 34.9 Å². The van der Waals surface area contributed by atoms with Gasteiger partial charge in [0.1, 0.15) is 0 Å². The van der Waals surface area contributed by atoms with Gasteiger partial charge in [0, 0.05) is 6.61 Å². The number of carboxylic acids is 1. The zero-order chi connectivity index (χ0) is 9.97. The first kappa shape index (κ1) is 9.21. The lowest BCUT2D eigenvalue weighted by atomic mass is 10.0. The topological polar surface area (TPSA) is 46.5 Å². The first-order valence-corrected chi connectivity index (χ1v) is 4.73. The van der Waals surface area contributed by atoms with Gasteiger partial charge in [-0.2, -0.15) is 0 Å². The van der Waals surface area contributed by atoms with Crippen LogP contribution >= 0.6 is 0 Å². The highest BCUT2D eigenvalue weighted by Gasteiger charge is 2.22. The highest BCUT2D eigenvalue weighted by Crippen LogP contribution is 2.30. The van der Waals surface area contributed by atoms with Gasteiger partial charge in [-0.1, -0.05) is 18.2 Å². The lowest BCUT2D eigenvalue weighted by molar-refractivity contribution is 0.0682. The minimum Gasteiger partial charge on any atom is -0.478 e. The van der Waals surface area contributed by atoms with Crippen molar-refractivity contribution in [2.75, 3.05) is 6.61 Å². The Morgan fingerprint density at radius 3 is 2.86 bits per heavy atom. The lowest BCUT2D eigenvalue weighted by Crippen LogP contribution is -2.06. The molecule has 0 spiro atoms. The molecule has 0 radical (unpaired) electrons. The quantitative estimate of drug-likeness (QED) is 0.781. The van der Waals surface area contributed by atoms with E-state index in [2.05, 4.69) is 0 Å². The van der Waals surface area contributed by atoms with Gasteiger partial charge >= 0.3 is 5.97 Å². The largest absolute Gasteiger partial charge is 0.478 e. The van der Waals surface area contributed by atoms with Crippen molar-refractivity contribution in [3.8, 4) is 0 Å². The molecule has 1 atom stereocenters. The zero-order valence-electron chi connectivity index (χ0n) is 7.77. The summed E-state index contributed by atoms with van der Waals surface area (Å²) in [7, 11) is 0. The van der Waals surface area contributed by atoms with Crippen LogP contribution in [0.25, 0.3) is 0 Å². The molecule has 74 valence electrons. The summed E-state index contributed by atoms with van der Waals surface area (Å²) in [6.07, 6.45) is 1.91. The highest BCUT2D eigenvalue weighted by molar-refractivity contribution is 5.89. The fourth-order valence-corrected chi connectivity index (χ4v) is 1.80. The Morgan fingerprint density at radius 2 is 2.21 bits per heavy atom. The number of carboxylic acid groups (broad SMARTS) is 1. The molecule has 3 nitrogen and oxygen atoms in total. The number of rotatable bonds is 2. The van der Waals surface area contributed by atoms with Crippen LogP contribution in [-0.2, 0) is 4.74 Å². The van der Waals surface area contributed by atoms with Crippen molar-refractivity contribution in [1.82, 2.24) is 0 Å². The van der Waals surface area contributed by atoms with Crippen molar-refractivity contribution in [2.24, 2.45) is 0 Å². The lowest BCUT2D eigenvalue weighted by Gasteiger charge is -2.12. The van der Waals surface area contributed by atoms with Gasteiger partial charge in [0.25, 0.3) is 0 Å². The van der Waals surface area contributed by atoms with Gasteiger partial charge < -0.3 is 9.84 Å². The van der Waals surface area contributed by atoms with E-state index in [1.807, 2.05) is 12.1 Å². The van der Waals surface area contributed by atoms with E-state index in [0.717, 1.165) is 25.0 Å². The van der Waals surface area contributed by atoms with E-state index in [0.29, 0.717) is 5.56 Å². The second-order valence-electron chi connectivity index (χ2n) is 3.39. The predicted octanol–water partition coefficient (Wildman–Crippen LogP) is 2.24. The Kier molecular flexibility index (Phi) is 2.50. The van der Waals surface area contributed by atoms with Crippen LogP contribution in [0.3, 0.4) is 0 Å². The summed E-state index contributed by atoms with van der Waals surface area (Å²) >= 11 is 0. The third-order valence-electron chi connectivity index (χ3n) is 2.47. The summed E-state index contributed by atoms with van der Waals surface area (Å²) in [5.41, 5.74) is 1.16. The Hall–Kier alpha value is -1.35. The minimum absolute atomic E-state index is 0.0256. The number of benzene rings is 1. The van der Waals surface area contributed by atoms with Crippen molar-refractivity contribution in [3.05, 3.63) is 35.4 Å². The van der Waals surface area contributed by atoms with Crippen LogP contribution in [0.5, 0.6) is 0 Å². The van der Waals surface area contributed by atoms with E-state index in [1.54, 1.807) is 12.1 Å². The number of carbonyl (C=O) groups is 1. The molecular weight excluding hydrogens is 180 g/mol. The summed E-state index contributed by atoms with van der Waals surface area (Å²) in [6, 6.07) is 7.05. The maximum atomic E-state index is 10.9. The van der Waals surface area contributed by atoms with Crippen LogP contribution in [0.15, 0.2) is 24.3 Å². The van der Waals surface area contributed by atoms with Crippen LogP contribution in [0.2, 0.25) is 0 Å². The van der Waals surface area contributed by atoms with E-state index in [4.69, 9.17) is 9.84 Å². The minimum atomic E-state index is -0.879. The summed E-state index contributed by atoms with van der Waals surface area (Å²) in [5.74, 6) is -0.879. The number of hydrogen-bond donors (Lipinski definition) is 1. The molecule has 1 aliphatic heterocycles. The van der Waals surface area contributed by atoms with Crippen molar-refractivity contribution < 1.29 is 14.6 Å². The van der Waals surface area contributed by atoms with E-state index in [1.165, 1.54) is 0 Å². The van der Waals surface area contributed by atoms with Gasteiger partial charge in [-0.3, -0.25) is 0 Å². The van der Waals surface area contributed by atoms with Gasteiger partial charge in [0.2, 0.25) is 0 Å². The second kappa shape index (κ2) is 3.80. The Labute approximate surface area is 82.3 Å². The Morgan fingerprint density at radius 1 is 1.43 bits per heavy atom. The third-order valence-corrected chi connectivity index (χ3v) is 2.47. The highest BCUT2D eigenvalue weighted by atomic mass is 16.5. The molecule has 1 heterocycles. The van der Waals surface area contributed by atoms with E-state index < -0.39 is 5.97 Å². The van der Waals surface area contributed by atoms with Crippen LogP contribution in [0, 0.1) is 0 Å². The summed E-state index contributed by atoms with van der Waals surface area (Å²) < 4.78 is 5.47. The molecule has 0 amide bonds. The van der Waals surface area contributed by atoms with Gasteiger partial charge in [0.15, 0.2) is 0 Å². The molecule has 1 saturated heterocycles. The van der Waals surface area contributed by atoms with E-state index in [-0.39, 0.29) is 6.10 Å². The van der Waals surface area contributed by atoms with E-state index in [9.17, 15) is 4.79 Å². The smallest absolute Gasteiger partial charge is 0.336 e. The number of hydrogen-bond acceptors (Lipinski definition) is 2. The maximum Gasteiger partial charge on any atom is 0.336 e. The van der Waals surface area contributed by atoms with Crippen molar-refractivity contribution >= 4 is 5.97 Å². The Bertz CT molecular complexity index is 340. The van der Waals surface area contributed by atoms with Crippen molar-refractivity contribution in [2.45, 2.75) is 18.9 Å². The average molecular weight is 192 g/mol. The molecule has 0 aliphatic carbocycles. The average Bonchev–Trinajstić information content (AvgIpc) is 2.70. The molecule has 0 bridgehead atoms. The molecule has 14 heavy (non-hydrogen) atoms.